The fourth-order valence-corrected chi connectivity index (χ4v) is 1.87. The van der Waals surface area contributed by atoms with Crippen molar-refractivity contribution in [2.24, 2.45) is 0 Å². The third kappa shape index (κ3) is 4.83. The van der Waals surface area contributed by atoms with Crippen molar-refractivity contribution < 1.29 is 4.74 Å². The van der Waals surface area contributed by atoms with Crippen LogP contribution in [0.3, 0.4) is 0 Å². The fraction of sp³-hybridized carbons (Fsp3) is 0.467. The molecular formula is C15H22BrNO. The number of benzene rings is 1. The van der Waals surface area contributed by atoms with E-state index in [-0.39, 0.29) is 0 Å². The van der Waals surface area contributed by atoms with Crippen molar-refractivity contribution in [2.75, 3.05) is 13.2 Å². The molecule has 2 nitrogen and oxygen atoms in total. The van der Waals surface area contributed by atoms with Crippen LogP contribution in [0, 0.1) is 6.92 Å². The van der Waals surface area contributed by atoms with Crippen LogP contribution in [0.4, 0.5) is 0 Å². The molecule has 0 fully saturated rings. The van der Waals surface area contributed by atoms with Gasteiger partial charge in [-0.25, -0.2) is 0 Å². The molecule has 1 aromatic rings. The number of rotatable bonds is 7. The van der Waals surface area contributed by atoms with Crippen LogP contribution in [0.1, 0.15) is 37.4 Å². The topological polar surface area (TPSA) is 21.3 Å². The Bertz CT molecular complexity index is 403. The highest BCUT2D eigenvalue weighted by molar-refractivity contribution is 9.11. The van der Waals surface area contributed by atoms with Gasteiger partial charge in [0.05, 0.1) is 0 Å². The van der Waals surface area contributed by atoms with E-state index in [0.29, 0.717) is 12.6 Å². The highest BCUT2D eigenvalue weighted by atomic mass is 79.9. The van der Waals surface area contributed by atoms with Gasteiger partial charge >= 0.3 is 0 Å². The lowest BCUT2D eigenvalue weighted by molar-refractivity contribution is 0.351. The van der Waals surface area contributed by atoms with Gasteiger partial charge in [-0.3, -0.25) is 0 Å². The molecule has 1 rings (SSSR count). The second-order valence-electron chi connectivity index (χ2n) is 4.52. The van der Waals surface area contributed by atoms with E-state index >= 15 is 0 Å². The summed E-state index contributed by atoms with van der Waals surface area (Å²) in [4.78, 5) is 0. The number of hydrogen-bond donors (Lipinski definition) is 1. The molecule has 0 aliphatic rings. The third-order valence-corrected chi connectivity index (χ3v) is 2.95. The molecule has 0 aromatic heterocycles. The highest BCUT2D eigenvalue weighted by Gasteiger charge is 2.11. The summed E-state index contributed by atoms with van der Waals surface area (Å²) >= 11 is 3.32. The molecule has 18 heavy (non-hydrogen) atoms. The summed E-state index contributed by atoms with van der Waals surface area (Å²) in [5.74, 6) is 0.937. The molecule has 0 aliphatic carbocycles. The second-order valence-corrected chi connectivity index (χ2v) is 5.64. The molecule has 1 aromatic carbocycles. The summed E-state index contributed by atoms with van der Waals surface area (Å²) in [7, 11) is 0. The highest BCUT2D eigenvalue weighted by Crippen LogP contribution is 2.27. The molecule has 100 valence electrons. The first kappa shape index (κ1) is 15.3. The molecule has 0 spiro atoms. The van der Waals surface area contributed by atoms with E-state index in [4.69, 9.17) is 4.74 Å². The van der Waals surface area contributed by atoms with Crippen molar-refractivity contribution in [3.05, 3.63) is 40.4 Å². The molecule has 0 saturated carbocycles. The van der Waals surface area contributed by atoms with Crippen LogP contribution in [0.15, 0.2) is 29.3 Å². The molecule has 0 heterocycles. The maximum absolute atomic E-state index is 5.79. The zero-order chi connectivity index (χ0) is 13.5. The molecule has 1 N–H and O–H groups in total. The van der Waals surface area contributed by atoms with Gasteiger partial charge in [-0.15, -0.1) is 0 Å². The number of hydrogen-bond acceptors (Lipinski definition) is 2. The van der Waals surface area contributed by atoms with E-state index in [1.165, 1.54) is 11.1 Å². The predicted octanol–water partition coefficient (Wildman–Crippen LogP) is 4.34. The number of nitrogens with one attached hydrogen (secondary N) is 1. The molecule has 0 aliphatic heterocycles. The first-order valence-corrected chi connectivity index (χ1v) is 7.14. The van der Waals surface area contributed by atoms with Gasteiger partial charge in [-0.2, -0.15) is 0 Å². The average Bonchev–Trinajstić information content (AvgIpc) is 2.33. The van der Waals surface area contributed by atoms with Gasteiger partial charge in [0.25, 0.3) is 0 Å². The Morgan fingerprint density at radius 1 is 1.50 bits per heavy atom. The lowest BCUT2D eigenvalue weighted by Gasteiger charge is -2.18. The normalized spacial score (nSPS) is 12.2. The Morgan fingerprint density at radius 2 is 2.22 bits per heavy atom. The smallest absolute Gasteiger partial charge is 0.124 e. The third-order valence-electron chi connectivity index (χ3n) is 2.72. The predicted molar refractivity (Wildman–Crippen MR) is 81.4 cm³/mol. The second kappa shape index (κ2) is 7.59. The maximum Gasteiger partial charge on any atom is 0.124 e. The van der Waals surface area contributed by atoms with Gasteiger partial charge in [-0.05, 0) is 38.4 Å². The van der Waals surface area contributed by atoms with Crippen molar-refractivity contribution >= 4 is 15.9 Å². The van der Waals surface area contributed by atoms with Crippen LogP contribution in [-0.4, -0.2) is 13.2 Å². The lowest BCUT2D eigenvalue weighted by atomic mass is 10.0. The van der Waals surface area contributed by atoms with Gasteiger partial charge in [0, 0.05) is 16.1 Å². The van der Waals surface area contributed by atoms with Crippen molar-refractivity contribution in [2.45, 2.75) is 33.2 Å². The number of halogens is 1. The van der Waals surface area contributed by atoms with Crippen molar-refractivity contribution in [1.29, 1.82) is 0 Å². The zero-order valence-corrected chi connectivity index (χ0v) is 13.0. The summed E-state index contributed by atoms with van der Waals surface area (Å²) in [5, 5.41) is 3.48. The van der Waals surface area contributed by atoms with Gasteiger partial charge < -0.3 is 10.1 Å². The molecular weight excluding hydrogens is 290 g/mol. The molecule has 3 heteroatoms. The van der Waals surface area contributed by atoms with Gasteiger partial charge in [0.2, 0.25) is 0 Å². The zero-order valence-electron chi connectivity index (χ0n) is 11.4. The molecule has 1 atom stereocenters. The van der Waals surface area contributed by atoms with Crippen LogP contribution in [0.25, 0.3) is 0 Å². The van der Waals surface area contributed by atoms with E-state index in [9.17, 15) is 0 Å². The first-order valence-electron chi connectivity index (χ1n) is 6.34. The minimum absolute atomic E-state index is 0.296. The molecule has 1 unspecified atom stereocenters. The lowest BCUT2D eigenvalue weighted by Crippen LogP contribution is -2.20. The van der Waals surface area contributed by atoms with Gasteiger partial charge in [0.15, 0.2) is 0 Å². The SMILES string of the molecule is C=C(Br)COc1cc(C)ccc1C(C)NCCC. The first-order chi connectivity index (χ1) is 8.54. The Kier molecular flexibility index (Phi) is 6.44. The Labute approximate surface area is 119 Å². The van der Waals surface area contributed by atoms with Crippen molar-refractivity contribution in [3.8, 4) is 5.75 Å². The van der Waals surface area contributed by atoms with Crippen LogP contribution >= 0.6 is 15.9 Å². The number of ether oxygens (including phenoxy) is 1. The van der Waals surface area contributed by atoms with Crippen molar-refractivity contribution in [3.63, 3.8) is 0 Å². The monoisotopic (exact) mass is 311 g/mol. The van der Waals surface area contributed by atoms with Crippen LogP contribution in [0.2, 0.25) is 0 Å². The van der Waals surface area contributed by atoms with Crippen LogP contribution in [-0.2, 0) is 0 Å². The summed E-state index contributed by atoms with van der Waals surface area (Å²) in [6, 6.07) is 6.63. The van der Waals surface area contributed by atoms with Gasteiger partial charge in [0.1, 0.15) is 12.4 Å². The quantitative estimate of drug-likeness (QED) is 0.808. The van der Waals surface area contributed by atoms with E-state index < -0.39 is 0 Å². The molecule has 0 saturated heterocycles. The minimum atomic E-state index is 0.296. The Hall–Kier alpha value is -0.800. The number of aryl methyl sites for hydroxylation is 1. The van der Waals surface area contributed by atoms with E-state index in [1.54, 1.807) is 0 Å². The largest absolute Gasteiger partial charge is 0.488 e. The van der Waals surface area contributed by atoms with E-state index in [0.717, 1.165) is 23.2 Å². The van der Waals surface area contributed by atoms with Crippen LogP contribution in [0.5, 0.6) is 5.75 Å². The Balaban J connectivity index is 2.84. The summed E-state index contributed by atoms with van der Waals surface area (Å²) in [5.41, 5.74) is 2.40. The maximum atomic E-state index is 5.79. The van der Waals surface area contributed by atoms with Crippen LogP contribution < -0.4 is 10.1 Å². The molecule has 0 bridgehead atoms. The fourth-order valence-electron chi connectivity index (χ4n) is 1.75. The summed E-state index contributed by atoms with van der Waals surface area (Å²) < 4.78 is 6.65. The van der Waals surface area contributed by atoms with Crippen molar-refractivity contribution in [1.82, 2.24) is 5.32 Å². The average molecular weight is 312 g/mol. The standard InChI is InChI=1S/C15H22BrNO/c1-5-8-17-13(4)14-7-6-11(2)9-15(14)18-10-12(3)16/h6-7,9,13,17H,3,5,8,10H2,1-2,4H3. The minimum Gasteiger partial charge on any atom is -0.488 e. The summed E-state index contributed by atoms with van der Waals surface area (Å²) in [6.07, 6.45) is 1.13. The molecule has 0 radical (unpaired) electrons. The Morgan fingerprint density at radius 3 is 2.83 bits per heavy atom. The summed E-state index contributed by atoms with van der Waals surface area (Å²) in [6.45, 7) is 11.7. The van der Waals surface area contributed by atoms with E-state index in [2.05, 4.69) is 66.8 Å². The molecule has 0 amide bonds. The van der Waals surface area contributed by atoms with E-state index in [1.807, 2.05) is 0 Å². The van der Waals surface area contributed by atoms with Gasteiger partial charge in [-0.1, -0.05) is 41.6 Å².